The van der Waals surface area contributed by atoms with Crippen LogP contribution in [0.15, 0.2) is 5.38 Å². The van der Waals surface area contributed by atoms with Gasteiger partial charge in [-0.15, -0.1) is 11.3 Å². The molecule has 0 aromatic carbocycles. The molecule has 0 spiro atoms. The smallest absolute Gasteiger partial charge is 0.355 e. The van der Waals surface area contributed by atoms with Gasteiger partial charge in [0, 0.05) is 31.4 Å². The highest BCUT2D eigenvalue weighted by Crippen LogP contribution is 2.29. The monoisotopic (exact) mass is 311 g/mol. The summed E-state index contributed by atoms with van der Waals surface area (Å²) in [5, 5.41) is 13.9. The van der Waals surface area contributed by atoms with Crippen LogP contribution in [-0.2, 0) is 6.42 Å². The molecule has 2 amide bonds. The number of nitrogens with zero attached hydrogens (tertiary/aromatic N) is 2. The highest BCUT2D eigenvalue weighted by Gasteiger charge is 2.27. The van der Waals surface area contributed by atoms with Crippen molar-refractivity contribution in [2.24, 2.45) is 5.41 Å². The number of aromatic nitrogens is 1. The van der Waals surface area contributed by atoms with E-state index in [9.17, 15) is 9.59 Å². The Bertz CT molecular complexity index is 517. The van der Waals surface area contributed by atoms with Gasteiger partial charge in [-0.2, -0.15) is 0 Å². The maximum absolute atomic E-state index is 12.0. The van der Waals surface area contributed by atoms with Crippen LogP contribution in [0.3, 0.4) is 0 Å². The highest BCUT2D eigenvalue weighted by atomic mass is 32.1. The predicted molar refractivity (Wildman–Crippen MR) is 80.8 cm³/mol. The Morgan fingerprint density at radius 2 is 2.10 bits per heavy atom. The number of urea groups is 1. The molecule has 1 aliphatic heterocycles. The molecule has 0 bridgehead atoms. The number of carboxylic acid groups (broad SMARTS) is 1. The molecule has 0 atom stereocenters. The quantitative estimate of drug-likeness (QED) is 0.893. The summed E-state index contributed by atoms with van der Waals surface area (Å²) in [5.41, 5.74) is 0.393. The summed E-state index contributed by atoms with van der Waals surface area (Å²) in [4.78, 5) is 28.6. The van der Waals surface area contributed by atoms with Gasteiger partial charge >= 0.3 is 12.0 Å². The molecule has 7 heteroatoms. The number of piperidine rings is 1. The summed E-state index contributed by atoms with van der Waals surface area (Å²) >= 11 is 1.31. The minimum Gasteiger partial charge on any atom is -0.476 e. The van der Waals surface area contributed by atoms with Crippen molar-refractivity contribution in [2.75, 3.05) is 19.6 Å². The molecule has 2 heterocycles. The lowest BCUT2D eigenvalue weighted by Gasteiger charge is -2.36. The van der Waals surface area contributed by atoms with E-state index in [1.165, 1.54) is 16.7 Å². The fraction of sp³-hybridized carbons (Fsp3) is 0.643. The van der Waals surface area contributed by atoms with E-state index < -0.39 is 5.97 Å². The zero-order valence-electron chi connectivity index (χ0n) is 12.4. The van der Waals surface area contributed by atoms with Crippen LogP contribution in [0, 0.1) is 5.41 Å². The first-order chi connectivity index (χ1) is 9.87. The minimum atomic E-state index is -1.02. The molecule has 0 aliphatic carbocycles. The third-order valence-electron chi connectivity index (χ3n) is 3.79. The number of hydrogen-bond donors (Lipinski definition) is 2. The Balaban J connectivity index is 1.73. The Labute approximate surface area is 128 Å². The van der Waals surface area contributed by atoms with Gasteiger partial charge < -0.3 is 15.3 Å². The molecule has 1 fully saturated rings. The molecular formula is C14H21N3O3S. The van der Waals surface area contributed by atoms with Gasteiger partial charge in [0.15, 0.2) is 5.69 Å². The molecule has 0 radical (unpaired) electrons. The predicted octanol–water partition coefficient (Wildman–Crippen LogP) is 2.22. The van der Waals surface area contributed by atoms with Crippen LogP contribution < -0.4 is 5.32 Å². The normalized spacial score (nSPS) is 17.5. The molecule has 1 aromatic heterocycles. The van der Waals surface area contributed by atoms with Gasteiger partial charge in [0.25, 0.3) is 0 Å². The van der Waals surface area contributed by atoms with Gasteiger partial charge in [-0.3, -0.25) is 0 Å². The van der Waals surface area contributed by atoms with E-state index in [0.29, 0.717) is 18.4 Å². The number of amides is 2. The summed E-state index contributed by atoms with van der Waals surface area (Å²) in [5.74, 6) is -1.02. The van der Waals surface area contributed by atoms with Gasteiger partial charge in [-0.1, -0.05) is 13.8 Å². The van der Waals surface area contributed by atoms with Crippen LogP contribution in [0.4, 0.5) is 4.79 Å². The number of aromatic carboxylic acids is 1. The molecule has 1 aliphatic rings. The Kier molecular flexibility index (Phi) is 4.82. The third-order valence-corrected chi connectivity index (χ3v) is 4.70. The van der Waals surface area contributed by atoms with Crippen LogP contribution in [-0.4, -0.2) is 46.6 Å². The lowest BCUT2D eigenvalue weighted by Crippen LogP contribution is -2.46. The van der Waals surface area contributed by atoms with E-state index in [2.05, 4.69) is 24.1 Å². The lowest BCUT2D eigenvalue weighted by molar-refractivity contribution is 0.0691. The second-order valence-electron chi connectivity index (χ2n) is 6.06. The number of thiazole rings is 1. The maximum atomic E-state index is 12.0. The Morgan fingerprint density at radius 3 is 2.67 bits per heavy atom. The molecule has 21 heavy (non-hydrogen) atoms. The van der Waals surface area contributed by atoms with E-state index in [4.69, 9.17) is 5.11 Å². The van der Waals surface area contributed by atoms with Gasteiger partial charge in [-0.25, -0.2) is 14.6 Å². The fourth-order valence-electron chi connectivity index (χ4n) is 2.23. The van der Waals surface area contributed by atoms with Gasteiger partial charge in [-0.05, 0) is 18.3 Å². The van der Waals surface area contributed by atoms with E-state index in [-0.39, 0.29) is 11.7 Å². The molecule has 1 saturated heterocycles. The van der Waals surface area contributed by atoms with E-state index in [0.717, 1.165) is 30.9 Å². The zero-order valence-corrected chi connectivity index (χ0v) is 13.2. The number of rotatable bonds is 4. The van der Waals surface area contributed by atoms with E-state index in [1.807, 2.05) is 4.90 Å². The summed E-state index contributed by atoms with van der Waals surface area (Å²) in [6.07, 6.45) is 2.60. The van der Waals surface area contributed by atoms with Gasteiger partial charge in [0.1, 0.15) is 0 Å². The van der Waals surface area contributed by atoms with Crippen molar-refractivity contribution < 1.29 is 14.7 Å². The number of carboxylic acids is 1. The van der Waals surface area contributed by atoms with Crippen LogP contribution in [0.25, 0.3) is 0 Å². The van der Waals surface area contributed by atoms with Crippen LogP contribution in [0.1, 0.15) is 42.2 Å². The fourth-order valence-corrected chi connectivity index (χ4v) is 3.00. The second kappa shape index (κ2) is 6.43. The van der Waals surface area contributed by atoms with Crippen molar-refractivity contribution in [3.05, 3.63) is 16.1 Å². The van der Waals surface area contributed by atoms with Gasteiger partial charge in [0.2, 0.25) is 0 Å². The Morgan fingerprint density at radius 1 is 1.43 bits per heavy atom. The topological polar surface area (TPSA) is 82.5 Å². The van der Waals surface area contributed by atoms with Crippen LogP contribution in [0.2, 0.25) is 0 Å². The van der Waals surface area contributed by atoms with Crippen molar-refractivity contribution >= 4 is 23.3 Å². The maximum Gasteiger partial charge on any atom is 0.355 e. The number of carbonyl (C=O) groups is 2. The first-order valence-electron chi connectivity index (χ1n) is 7.08. The molecule has 0 saturated carbocycles. The summed E-state index contributed by atoms with van der Waals surface area (Å²) < 4.78 is 0. The Hall–Kier alpha value is -1.63. The molecule has 6 nitrogen and oxygen atoms in total. The average molecular weight is 311 g/mol. The van der Waals surface area contributed by atoms with Crippen LogP contribution in [0.5, 0.6) is 0 Å². The van der Waals surface area contributed by atoms with Crippen LogP contribution >= 0.6 is 11.3 Å². The lowest BCUT2D eigenvalue weighted by atomic mass is 9.83. The average Bonchev–Trinajstić information content (AvgIpc) is 2.87. The molecule has 1 aromatic rings. The molecular weight excluding hydrogens is 290 g/mol. The van der Waals surface area contributed by atoms with Crippen molar-refractivity contribution in [3.63, 3.8) is 0 Å². The van der Waals surface area contributed by atoms with Crippen molar-refractivity contribution in [3.8, 4) is 0 Å². The number of carbonyl (C=O) groups excluding carboxylic acids is 1. The SMILES string of the molecule is CC1(C)CCN(C(=O)NCCc2nc(C(=O)O)cs2)CC1. The zero-order chi connectivity index (χ0) is 15.5. The highest BCUT2D eigenvalue weighted by molar-refractivity contribution is 7.09. The van der Waals surface area contributed by atoms with Crippen molar-refractivity contribution in [1.82, 2.24) is 15.2 Å². The van der Waals surface area contributed by atoms with Gasteiger partial charge in [0.05, 0.1) is 5.01 Å². The standard InChI is InChI=1S/C14H21N3O3S/c1-14(2)4-7-17(8-5-14)13(20)15-6-3-11-16-10(9-21-11)12(18)19/h9H,3-8H2,1-2H3,(H,15,20)(H,18,19). The van der Waals surface area contributed by atoms with Crippen molar-refractivity contribution in [1.29, 1.82) is 0 Å². The second-order valence-corrected chi connectivity index (χ2v) is 7.01. The summed E-state index contributed by atoms with van der Waals surface area (Å²) in [7, 11) is 0. The molecule has 116 valence electrons. The molecule has 2 rings (SSSR count). The summed E-state index contributed by atoms with van der Waals surface area (Å²) in [6.45, 7) is 6.51. The number of hydrogen-bond acceptors (Lipinski definition) is 4. The van der Waals surface area contributed by atoms with E-state index in [1.54, 1.807) is 0 Å². The number of nitrogens with one attached hydrogen (secondary N) is 1. The third kappa shape index (κ3) is 4.42. The number of likely N-dealkylation sites (tertiary alicyclic amines) is 1. The minimum absolute atomic E-state index is 0.0412. The molecule has 2 N–H and O–H groups in total. The molecule has 0 unspecified atom stereocenters. The first kappa shape index (κ1) is 15.8. The first-order valence-corrected chi connectivity index (χ1v) is 7.96. The summed E-state index contributed by atoms with van der Waals surface area (Å²) in [6, 6.07) is -0.0412. The van der Waals surface area contributed by atoms with E-state index >= 15 is 0 Å². The van der Waals surface area contributed by atoms with Crippen molar-refractivity contribution in [2.45, 2.75) is 33.1 Å². The largest absolute Gasteiger partial charge is 0.476 e.